The molecule has 0 bridgehead atoms. The molecule has 0 spiro atoms. The molecule has 0 saturated carbocycles. The lowest BCUT2D eigenvalue weighted by Crippen LogP contribution is -1.99. The average molecular weight is 163 g/mol. The summed E-state index contributed by atoms with van der Waals surface area (Å²) in [6.45, 7) is 0.724. The molecule has 1 aromatic rings. The van der Waals surface area contributed by atoms with Crippen LogP contribution in [0.25, 0.3) is 0 Å². The molecule has 0 heterocycles. The Hall–Kier alpha value is -1.49. The van der Waals surface area contributed by atoms with Crippen LogP contribution in [-0.2, 0) is 0 Å². The molecule has 0 aliphatic carbocycles. The zero-order chi connectivity index (χ0) is 8.81. The second kappa shape index (κ2) is 4.40. The smallest absolute Gasteiger partial charge is 0.123 e. The predicted molar refractivity (Wildman–Crippen MR) is 48.3 cm³/mol. The Morgan fingerprint density at radius 3 is 2.58 bits per heavy atom. The highest BCUT2D eigenvalue weighted by Gasteiger charge is 1.90. The van der Waals surface area contributed by atoms with Gasteiger partial charge in [-0.3, -0.25) is 0 Å². The topological polar surface area (TPSA) is 12.0 Å². The minimum Gasteiger partial charge on any atom is -0.384 e. The van der Waals surface area contributed by atoms with Gasteiger partial charge in [0.15, 0.2) is 0 Å². The number of benzene rings is 1. The summed E-state index contributed by atoms with van der Waals surface area (Å²) >= 11 is 0. The fourth-order valence-corrected chi connectivity index (χ4v) is 0.847. The molecule has 2 heteroatoms. The first-order chi connectivity index (χ1) is 5.83. The van der Waals surface area contributed by atoms with Crippen LogP contribution in [0.1, 0.15) is 6.42 Å². The summed E-state index contributed by atoms with van der Waals surface area (Å²) in [7, 11) is 0. The first-order valence-electron chi connectivity index (χ1n) is 3.76. The standard InChI is InChI=1S/C10H10FN/c1-2-3-8-12-10-6-4-9(11)5-7-10/h1,4-7,12H,3,8H2. The van der Waals surface area contributed by atoms with Gasteiger partial charge >= 0.3 is 0 Å². The molecule has 0 aliphatic heterocycles. The highest BCUT2D eigenvalue weighted by molar-refractivity contribution is 5.42. The lowest BCUT2D eigenvalue weighted by atomic mass is 10.3. The van der Waals surface area contributed by atoms with Crippen LogP contribution in [0.5, 0.6) is 0 Å². The molecule has 62 valence electrons. The van der Waals surface area contributed by atoms with Gasteiger partial charge in [-0.05, 0) is 24.3 Å². The third-order valence-corrected chi connectivity index (χ3v) is 1.44. The molecule has 1 N–H and O–H groups in total. The fourth-order valence-electron chi connectivity index (χ4n) is 0.847. The molecule has 1 aromatic carbocycles. The van der Waals surface area contributed by atoms with Crippen LogP contribution in [0.3, 0.4) is 0 Å². The minimum absolute atomic E-state index is 0.225. The average Bonchev–Trinajstić information content (AvgIpc) is 2.09. The first kappa shape index (κ1) is 8.61. The first-order valence-corrected chi connectivity index (χ1v) is 3.76. The van der Waals surface area contributed by atoms with Gasteiger partial charge in [0.05, 0.1) is 0 Å². The molecule has 0 unspecified atom stereocenters. The van der Waals surface area contributed by atoms with E-state index in [-0.39, 0.29) is 5.82 Å². The van der Waals surface area contributed by atoms with Crippen LogP contribution in [-0.4, -0.2) is 6.54 Å². The van der Waals surface area contributed by atoms with Crippen molar-refractivity contribution in [2.24, 2.45) is 0 Å². The molecule has 0 atom stereocenters. The number of terminal acetylenes is 1. The number of rotatable bonds is 3. The lowest BCUT2D eigenvalue weighted by Gasteiger charge is -2.02. The molecule has 0 radical (unpaired) electrons. The number of hydrogen-bond acceptors (Lipinski definition) is 1. The normalized spacial score (nSPS) is 9.00. The van der Waals surface area contributed by atoms with Gasteiger partial charge < -0.3 is 5.32 Å². The van der Waals surface area contributed by atoms with Crippen molar-refractivity contribution in [2.45, 2.75) is 6.42 Å². The molecular weight excluding hydrogens is 153 g/mol. The lowest BCUT2D eigenvalue weighted by molar-refractivity contribution is 0.628. The van der Waals surface area contributed by atoms with E-state index in [1.54, 1.807) is 12.1 Å². The minimum atomic E-state index is -0.225. The maximum atomic E-state index is 12.4. The van der Waals surface area contributed by atoms with Crippen LogP contribution in [0.2, 0.25) is 0 Å². The molecule has 0 fully saturated rings. The maximum Gasteiger partial charge on any atom is 0.123 e. The van der Waals surface area contributed by atoms with E-state index in [0.29, 0.717) is 6.42 Å². The van der Waals surface area contributed by atoms with E-state index in [9.17, 15) is 4.39 Å². The molecule has 0 aliphatic rings. The van der Waals surface area contributed by atoms with Gasteiger partial charge in [-0.25, -0.2) is 4.39 Å². The Bertz CT molecular complexity index is 271. The van der Waals surface area contributed by atoms with Crippen molar-refractivity contribution in [3.05, 3.63) is 30.1 Å². The van der Waals surface area contributed by atoms with Crippen LogP contribution >= 0.6 is 0 Å². The highest BCUT2D eigenvalue weighted by atomic mass is 19.1. The summed E-state index contributed by atoms with van der Waals surface area (Å²) in [5.74, 6) is 2.29. The zero-order valence-electron chi connectivity index (χ0n) is 6.68. The van der Waals surface area contributed by atoms with Crippen molar-refractivity contribution in [3.63, 3.8) is 0 Å². The van der Waals surface area contributed by atoms with E-state index < -0.39 is 0 Å². The van der Waals surface area contributed by atoms with E-state index in [2.05, 4.69) is 11.2 Å². The largest absolute Gasteiger partial charge is 0.384 e. The molecule has 0 saturated heterocycles. The molecule has 1 nitrogen and oxygen atoms in total. The number of halogens is 1. The summed E-state index contributed by atoms with van der Waals surface area (Å²) in [6.07, 6.45) is 5.74. The van der Waals surface area contributed by atoms with Crippen LogP contribution in [0.4, 0.5) is 10.1 Å². The molecule has 12 heavy (non-hydrogen) atoms. The van der Waals surface area contributed by atoms with Crippen molar-refractivity contribution in [3.8, 4) is 12.3 Å². The van der Waals surface area contributed by atoms with Gasteiger partial charge in [0, 0.05) is 18.7 Å². The van der Waals surface area contributed by atoms with Gasteiger partial charge in [-0.2, -0.15) is 0 Å². The molecular formula is C10H10FN. The molecule has 0 amide bonds. The zero-order valence-corrected chi connectivity index (χ0v) is 6.68. The Morgan fingerprint density at radius 2 is 2.00 bits per heavy atom. The maximum absolute atomic E-state index is 12.4. The second-order valence-corrected chi connectivity index (χ2v) is 2.39. The van der Waals surface area contributed by atoms with Crippen molar-refractivity contribution in [1.82, 2.24) is 0 Å². The van der Waals surface area contributed by atoms with Crippen molar-refractivity contribution < 1.29 is 4.39 Å². The highest BCUT2D eigenvalue weighted by Crippen LogP contribution is 2.07. The molecule has 1 rings (SSSR count). The van der Waals surface area contributed by atoms with Gasteiger partial charge in [0.1, 0.15) is 5.82 Å². The Balaban J connectivity index is 2.43. The third kappa shape index (κ3) is 2.63. The van der Waals surface area contributed by atoms with E-state index in [1.807, 2.05) is 0 Å². The second-order valence-electron chi connectivity index (χ2n) is 2.39. The van der Waals surface area contributed by atoms with E-state index >= 15 is 0 Å². The quantitative estimate of drug-likeness (QED) is 0.532. The third-order valence-electron chi connectivity index (χ3n) is 1.44. The summed E-state index contributed by atoms with van der Waals surface area (Å²) < 4.78 is 12.4. The number of anilines is 1. The van der Waals surface area contributed by atoms with Crippen molar-refractivity contribution in [2.75, 3.05) is 11.9 Å². The van der Waals surface area contributed by atoms with E-state index in [4.69, 9.17) is 6.42 Å². The monoisotopic (exact) mass is 163 g/mol. The Kier molecular flexibility index (Phi) is 3.16. The predicted octanol–water partition coefficient (Wildman–Crippen LogP) is 2.26. The van der Waals surface area contributed by atoms with E-state index in [1.165, 1.54) is 12.1 Å². The molecule has 0 aromatic heterocycles. The van der Waals surface area contributed by atoms with E-state index in [0.717, 1.165) is 12.2 Å². The SMILES string of the molecule is C#CCCNc1ccc(F)cc1. The number of hydrogen-bond donors (Lipinski definition) is 1. The van der Waals surface area contributed by atoms with Gasteiger partial charge in [-0.1, -0.05) is 0 Å². The summed E-state index contributed by atoms with van der Waals surface area (Å²) in [5, 5.41) is 3.06. The summed E-state index contributed by atoms with van der Waals surface area (Å²) in [6, 6.07) is 6.20. The number of nitrogens with one attached hydrogen (secondary N) is 1. The Labute approximate surface area is 71.6 Å². The van der Waals surface area contributed by atoms with Gasteiger partial charge in [-0.15, -0.1) is 12.3 Å². The van der Waals surface area contributed by atoms with Crippen molar-refractivity contribution in [1.29, 1.82) is 0 Å². The van der Waals surface area contributed by atoms with Crippen LogP contribution in [0.15, 0.2) is 24.3 Å². The summed E-state index contributed by atoms with van der Waals surface area (Å²) in [5.41, 5.74) is 0.895. The van der Waals surface area contributed by atoms with Crippen LogP contribution in [0, 0.1) is 18.2 Å². The van der Waals surface area contributed by atoms with Gasteiger partial charge in [0.25, 0.3) is 0 Å². The fraction of sp³-hybridized carbons (Fsp3) is 0.200. The summed E-state index contributed by atoms with van der Waals surface area (Å²) in [4.78, 5) is 0. The van der Waals surface area contributed by atoms with Crippen LogP contribution < -0.4 is 5.32 Å². The van der Waals surface area contributed by atoms with Crippen molar-refractivity contribution >= 4 is 5.69 Å². The van der Waals surface area contributed by atoms with Gasteiger partial charge in [0.2, 0.25) is 0 Å². The Morgan fingerprint density at radius 1 is 1.33 bits per heavy atom.